The van der Waals surface area contributed by atoms with Gasteiger partial charge in [0.2, 0.25) is 0 Å². The Balaban J connectivity index is 2.42. The van der Waals surface area contributed by atoms with Crippen LogP contribution in [-0.2, 0) is 0 Å². The molecule has 1 heterocycles. The quantitative estimate of drug-likeness (QED) is 0.533. The topological polar surface area (TPSA) is 3.24 Å². The van der Waals surface area contributed by atoms with E-state index in [0.29, 0.717) is 6.04 Å². The Morgan fingerprint density at radius 3 is 3.08 bits per heavy atom. The first-order valence-electron chi connectivity index (χ1n) is 3.96. The van der Waals surface area contributed by atoms with Gasteiger partial charge in [-0.25, -0.2) is 0 Å². The number of anilines is 1. The highest BCUT2D eigenvalue weighted by Crippen LogP contribution is 2.38. The zero-order valence-electron chi connectivity index (χ0n) is 6.83. The van der Waals surface area contributed by atoms with Gasteiger partial charge in [0.25, 0.3) is 0 Å². The average molecular weight is 291 g/mol. The molecule has 0 saturated carbocycles. The minimum Gasteiger partial charge on any atom is -0.310 e. The molecular weight excluding hydrogens is 281 g/mol. The molecule has 0 aliphatic carbocycles. The molecule has 0 aromatic heterocycles. The molecule has 0 bridgehead atoms. The Kier molecular flexibility index (Phi) is 2.50. The SMILES string of the molecule is CC1CSc2ccccc2N1I. The van der Waals surface area contributed by atoms with E-state index >= 15 is 0 Å². The summed E-state index contributed by atoms with van der Waals surface area (Å²) in [5.41, 5.74) is 1.36. The standard InChI is InChI=1S/C9H10INS/c1-7-6-12-9-5-3-2-4-8(9)11(7)10/h2-5,7H,6H2,1H3. The second-order valence-corrected chi connectivity index (χ2v) is 5.04. The van der Waals surface area contributed by atoms with E-state index in [0.717, 1.165) is 0 Å². The van der Waals surface area contributed by atoms with Gasteiger partial charge < -0.3 is 3.11 Å². The van der Waals surface area contributed by atoms with Gasteiger partial charge in [0.1, 0.15) is 0 Å². The minimum atomic E-state index is 0.644. The van der Waals surface area contributed by atoms with Crippen molar-refractivity contribution in [1.29, 1.82) is 0 Å². The highest BCUT2D eigenvalue weighted by molar-refractivity contribution is 14.1. The van der Waals surface area contributed by atoms with Gasteiger partial charge in [-0.2, -0.15) is 0 Å². The van der Waals surface area contributed by atoms with Crippen molar-refractivity contribution in [2.45, 2.75) is 17.9 Å². The minimum absolute atomic E-state index is 0.644. The largest absolute Gasteiger partial charge is 0.310 e. The van der Waals surface area contributed by atoms with Crippen LogP contribution in [0, 0.1) is 0 Å². The molecule has 1 aliphatic rings. The van der Waals surface area contributed by atoms with E-state index in [1.165, 1.54) is 16.3 Å². The van der Waals surface area contributed by atoms with Crippen molar-refractivity contribution in [3.63, 3.8) is 0 Å². The zero-order valence-corrected chi connectivity index (χ0v) is 9.80. The van der Waals surface area contributed by atoms with Crippen LogP contribution in [0.4, 0.5) is 5.69 Å². The normalized spacial score (nSPS) is 22.2. The van der Waals surface area contributed by atoms with Crippen LogP contribution in [0.1, 0.15) is 6.92 Å². The molecule has 1 atom stereocenters. The van der Waals surface area contributed by atoms with Gasteiger partial charge in [-0.1, -0.05) is 12.1 Å². The Morgan fingerprint density at radius 1 is 1.50 bits per heavy atom. The molecule has 64 valence electrons. The van der Waals surface area contributed by atoms with E-state index in [1.54, 1.807) is 0 Å². The molecule has 1 unspecified atom stereocenters. The summed E-state index contributed by atoms with van der Waals surface area (Å²) in [6.45, 7) is 2.26. The van der Waals surface area contributed by atoms with E-state index in [1.807, 2.05) is 11.8 Å². The molecule has 0 amide bonds. The highest BCUT2D eigenvalue weighted by atomic mass is 127. The van der Waals surface area contributed by atoms with Crippen molar-refractivity contribution < 1.29 is 0 Å². The maximum absolute atomic E-state index is 2.39. The van der Waals surface area contributed by atoms with Crippen molar-refractivity contribution >= 4 is 40.3 Å². The lowest BCUT2D eigenvalue weighted by Crippen LogP contribution is -2.28. The third-order valence-electron chi connectivity index (χ3n) is 1.96. The number of fused-ring (bicyclic) bond motifs is 1. The first kappa shape index (κ1) is 8.69. The molecule has 12 heavy (non-hydrogen) atoms. The Hall–Kier alpha value is 0.1000. The molecule has 1 aromatic rings. The number of rotatable bonds is 0. The molecule has 0 N–H and O–H groups in total. The summed E-state index contributed by atoms with van der Waals surface area (Å²) in [5.74, 6) is 1.19. The second-order valence-electron chi connectivity index (χ2n) is 2.94. The summed E-state index contributed by atoms with van der Waals surface area (Å²) in [4.78, 5) is 1.41. The Bertz CT molecular complexity index is 290. The lowest BCUT2D eigenvalue weighted by atomic mass is 10.3. The van der Waals surface area contributed by atoms with E-state index in [-0.39, 0.29) is 0 Å². The summed E-state index contributed by atoms with van der Waals surface area (Å²) < 4.78 is 2.32. The molecule has 0 saturated heterocycles. The van der Waals surface area contributed by atoms with Gasteiger partial charge in [0.05, 0.1) is 28.6 Å². The van der Waals surface area contributed by atoms with Crippen LogP contribution in [0.2, 0.25) is 0 Å². The van der Waals surface area contributed by atoms with Crippen molar-refractivity contribution in [1.82, 2.24) is 0 Å². The first-order valence-corrected chi connectivity index (χ1v) is 5.91. The summed E-state index contributed by atoms with van der Waals surface area (Å²) in [6.07, 6.45) is 0. The van der Waals surface area contributed by atoms with Crippen LogP contribution in [0.3, 0.4) is 0 Å². The molecule has 0 spiro atoms. The van der Waals surface area contributed by atoms with Crippen LogP contribution in [0.25, 0.3) is 0 Å². The molecule has 1 aromatic carbocycles. The lowest BCUT2D eigenvalue weighted by Gasteiger charge is -2.30. The number of hydrogen-bond acceptors (Lipinski definition) is 2. The van der Waals surface area contributed by atoms with Crippen molar-refractivity contribution in [2.75, 3.05) is 8.87 Å². The molecule has 3 heteroatoms. The van der Waals surface area contributed by atoms with E-state index in [2.05, 4.69) is 57.2 Å². The van der Waals surface area contributed by atoms with Crippen LogP contribution in [0.15, 0.2) is 29.2 Å². The number of nitrogens with zero attached hydrogens (tertiary/aromatic N) is 1. The number of benzene rings is 1. The smallest absolute Gasteiger partial charge is 0.0596 e. The fourth-order valence-corrected chi connectivity index (χ4v) is 3.38. The van der Waals surface area contributed by atoms with Gasteiger partial charge in [0, 0.05) is 16.7 Å². The van der Waals surface area contributed by atoms with Gasteiger partial charge in [0.15, 0.2) is 0 Å². The summed E-state index contributed by atoms with van der Waals surface area (Å²) in [7, 11) is 0. The fourth-order valence-electron chi connectivity index (χ4n) is 1.27. The van der Waals surface area contributed by atoms with E-state index < -0.39 is 0 Å². The maximum Gasteiger partial charge on any atom is 0.0596 e. The maximum atomic E-state index is 2.39. The van der Waals surface area contributed by atoms with Crippen LogP contribution in [0.5, 0.6) is 0 Å². The number of halogens is 1. The van der Waals surface area contributed by atoms with Crippen molar-refractivity contribution in [3.8, 4) is 0 Å². The summed E-state index contributed by atoms with van der Waals surface area (Å²) >= 11 is 4.35. The van der Waals surface area contributed by atoms with Gasteiger partial charge >= 0.3 is 0 Å². The lowest BCUT2D eigenvalue weighted by molar-refractivity contribution is 0.849. The molecule has 0 radical (unpaired) electrons. The molecular formula is C9H10INS. The molecule has 1 aliphatic heterocycles. The average Bonchev–Trinajstić information content (AvgIpc) is 2.12. The van der Waals surface area contributed by atoms with Crippen LogP contribution < -0.4 is 3.11 Å². The number of para-hydroxylation sites is 1. The fraction of sp³-hybridized carbons (Fsp3) is 0.333. The first-order chi connectivity index (χ1) is 5.79. The van der Waals surface area contributed by atoms with Crippen LogP contribution >= 0.6 is 34.6 Å². The van der Waals surface area contributed by atoms with Crippen molar-refractivity contribution in [2.24, 2.45) is 0 Å². The van der Waals surface area contributed by atoms with Gasteiger partial charge in [-0.3, -0.25) is 0 Å². The zero-order chi connectivity index (χ0) is 8.55. The monoisotopic (exact) mass is 291 g/mol. The van der Waals surface area contributed by atoms with Gasteiger partial charge in [-0.05, 0) is 19.1 Å². The Labute approximate surface area is 91.0 Å². The van der Waals surface area contributed by atoms with E-state index in [4.69, 9.17) is 0 Å². The molecule has 0 fully saturated rings. The molecule has 2 rings (SSSR count). The summed E-state index contributed by atoms with van der Waals surface area (Å²) in [6, 6.07) is 9.22. The third-order valence-corrected chi connectivity index (χ3v) is 4.74. The predicted octanol–water partition coefficient (Wildman–Crippen LogP) is 3.34. The van der Waals surface area contributed by atoms with Crippen LogP contribution in [-0.4, -0.2) is 11.8 Å². The number of hydrogen-bond donors (Lipinski definition) is 0. The Morgan fingerprint density at radius 2 is 2.25 bits per heavy atom. The highest BCUT2D eigenvalue weighted by Gasteiger charge is 2.20. The molecule has 1 nitrogen and oxygen atoms in total. The number of thioether (sulfide) groups is 1. The van der Waals surface area contributed by atoms with Gasteiger partial charge in [-0.15, -0.1) is 11.8 Å². The predicted molar refractivity (Wildman–Crippen MR) is 63.1 cm³/mol. The van der Waals surface area contributed by atoms with Crippen molar-refractivity contribution in [3.05, 3.63) is 24.3 Å². The van der Waals surface area contributed by atoms with E-state index in [9.17, 15) is 0 Å². The second kappa shape index (κ2) is 3.46. The summed E-state index contributed by atoms with van der Waals surface area (Å²) in [5, 5.41) is 0. The third kappa shape index (κ3) is 1.44.